The summed E-state index contributed by atoms with van der Waals surface area (Å²) in [6.45, 7) is 5.62. The van der Waals surface area contributed by atoms with Crippen LogP contribution in [0.1, 0.15) is 43.5 Å². The van der Waals surface area contributed by atoms with Gasteiger partial charge < -0.3 is 20.5 Å². The normalized spacial score (nSPS) is 15.2. The van der Waals surface area contributed by atoms with Crippen LogP contribution in [0.4, 0.5) is 0 Å². The van der Waals surface area contributed by atoms with Crippen LogP contribution in [0.15, 0.2) is 18.2 Å². The molecule has 0 radical (unpaired) electrons. The molecule has 2 rings (SSSR count). The third-order valence-electron chi connectivity index (χ3n) is 3.69. The Bertz CT molecular complexity index is 501. The van der Waals surface area contributed by atoms with Gasteiger partial charge in [0.1, 0.15) is 0 Å². The van der Waals surface area contributed by atoms with Gasteiger partial charge in [-0.2, -0.15) is 0 Å². The van der Waals surface area contributed by atoms with Crippen molar-refractivity contribution in [2.45, 2.75) is 39.2 Å². The van der Waals surface area contributed by atoms with E-state index in [1.807, 2.05) is 13.8 Å². The minimum absolute atomic E-state index is 0.0578. The smallest absolute Gasteiger partial charge is 0.251 e. The summed E-state index contributed by atoms with van der Waals surface area (Å²) in [5.41, 5.74) is 6.57. The second-order valence-electron chi connectivity index (χ2n) is 5.65. The molecule has 5 heteroatoms. The van der Waals surface area contributed by atoms with Crippen molar-refractivity contribution >= 4 is 5.91 Å². The molecule has 1 atom stereocenters. The van der Waals surface area contributed by atoms with E-state index in [4.69, 9.17) is 15.2 Å². The summed E-state index contributed by atoms with van der Waals surface area (Å²) < 4.78 is 11.2. The van der Waals surface area contributed by atoms with E-state index in [1.165, 1.54) is 12.8 Å². The average Bonchev–Trinajstić information content (AvgIpc) is 3.36. The largest absolute Gasteiger partial charge is 0.490 e. The number of amides is 1. The number of hydrogen-bond acceptors (Lipinski definition) is 4. The lowest BCUT2D eigenvalue weighted by atomic mass is 10.1. The third-order valence-corrected chi connectivity index (χ3v) is 3.69. The van der Waals surface area contributed by atoms with Crippen LogP contribution in [-0.2, 0) is 0 Å². The molecule has 1 fully saturated rings. The first-order valence-corrected chi connectivity index (χ1v) is 8.09. The van der Waals surface area contributed by atoms with Crippen LogP contribution in [0.3, 0.4) is 0 Å². The zero-order valence-corrected chi connectivity index (χ0v) is 13.4. The van der Waals surface area contributed by atoms with Crippen molar-refractivity contribution < 1.29 is 14.3 Å². The van der Waals surface area contributed by atoms with Gasteiger partial charge in [-0.3, -0.25) is 4.79 Å². The lowest BCUT2D eigenvalue weighted by Crippen LogP contribution is -2.38. The Morgan fingerprint density at radius 3 is 2.73 bits per heavy atom. The third kappa shape index (κ3) is 4.63. The molecule has 0 bridgehead atoms. The average molecular weight is 306 g/mol. The van der Waals surface area contributed by atoms with E-state index in [-0.39, 0.29) is 11.9 Å². The number of ether oxygens (including phenoxy) is 2. The highest BCUT2D eigenvalue weighted by molar-refractivity contribution is 5.94. The summed E-state index contributed by atoms with van der Waals surface area (Å²) in [5.74, 6) is 1.73. The molecular weight excluding hydrogens is 280 g/mol. The quantitative estimate of drug-likeness (QED) is 0.734. The van der Waals surface area contributed by atoms with Gasteiger partial charge in [0.25, 0.3) is 5.91 Å². The number of rotatable bonds is 9. The molecule has 1 aromatic rings. The molecule has 122 valence electrons. The molecule has 1 amide bonds. The van der Waals surface area contributed by atoms with Crippen molar-refractivity contribution in [3.63, 3.8) is 0 Å². The SMILES string of the molecule is CCCOc1ccc(C(=O)NCC(N)C2CC2)cc1OCC. The molecule has 0 aliphatic heterocycles. The van der Waals surface area contributed by atoms with Gasteiger partial charge in [0.15, 0.2) is 11.5 Å². The molecule has 0 spiro atoms. The van der Waals surface area contributed by atoms with Crippen LogP contribution in [-0.4, -0.2) is 31.7 Å². The van der Waals surface area contributed by atoms with Gasteiger partial charge in [-0.25, -0.2) is 0 Å². The molecule has 1 aliphatic carbocycles. The maximum Gasteiger partial charge on any atom is 0.251 e. The van der Waals surface area contributed by atoms with E-state index >= 15 is 0 Å². The van der Waals surface area contributed by atoms with E-state index in [2.05, 4.69) is 5.32 Å². The predicted molar refractivity (Wildman–Crippen MR) is 86.4 cm³/mol. The molecule has 0 heterocycles. The molecule has 0 saturated heterocycles. The molecule has 1 unspecified atom stereocenters. The molecule has 5 nitrogen and oxygen atoms in total. The second kappa shape index (κ2) is 8.03. The van der Waals surface area contributed by atoms with Gasteiger partial charge in [0.2, 0.25) is 0 Å². The molecule has 1 saturated carbocycles. The summed E-state index contributed by atoms with van der Waals surface area (Å²) in [6, 6.07) is 5.33. The van der Waals surface area contributed by atoms with E-state index in [1.54, 1.807) is 18.2 Å². The number of nitrogens with two attached hydrogens (primary N) is 1. The van der Waals surface area contributed by atoms with Crippen LogP contribution in [0, 0.1) is 5.92 Å². The summed E-state index contributed by atoms with van der Waals surface area (Å²) in [7, 11) is 0. The van der Waals surface area contributed by atoms with Gasteiger partial charge in [0, 0.05) is 18.2 Å². The van der Waals surface area contributed by atoms with E-state index in [0.717, 1.165) is 6.42 Å². The summed E-state index contributed by atoms with van der Waals surface area (Å²) in [6.07, 6.45) is 3.27. The fraction of sp³-hybridized carbons (Fsp3) is 0.588. The second-order valence-corrected chi connectivity index (χ2v) is 5.65. The minimum Gasteiger partial charge on any atom is -0.490 e. The number of carbonyl (C=O) groups is 1. The van der Waals surface area contributed by atoms with Crippen LogP contribution < -0.4 is 20.5 Å². The van der Waals surface area contributed by atoms with E-state index in [9.17, 15) is 4.79 Å². The summed E-state index contributed by atoms with van der Waals surface area (Å²) >= 11 is 0. The van der Waals surface area contributed by atoms with Gasteiger partial charge in [-0.05, 0) is 50.3 Å². The van der Waals surface area contributed by atoms with E-state index in [0.29, 0.717) is 42.7 Å². The van der Waals surface area contributed by atoms with E-state index < -0.39 is 0 Å². The Balaban J connectivity index is 1.99. The fourth-order valence-electron chi connectivity index (χ4n) is 2.25. The summed E-state index contributed by atoms with van der Waals surface area (Å²) in [5, 5.41) is 2.89. The number of carbonyl (C=O) groups excluding carboxylic acids is 1. The number of nitrogens with one attached hydrogen (secondary N) is 1. The Morgan fingerprint density at radius 2 is 2.09 bits per heavy atom. The highest BCUT2D eigenvalue weighted by atomic mass is 16.5. The molecule has 3 N–H and O–H groups in total. The first-order chi connectivity index (χ1) is 10.7. The monoisotopic (exact) mass is 306 g/mol. The van der Waals surface area contributed by atoms with Gasteiger partial charge in [-0.1, -0.05) is 6.92 Å². The zero-order valence-electron chi connectivity index (χ0n) is 13.4. The topological polar surface area (TPSA) is 73.6 Å². The number of hydrogen-bond donors (Lipinski definition) is 2. The van der Waals surface area contributed by atoms with Crippen LogP contribution >= 0.6 is 0 Å². The molecule has 0 aromatic heterocycles. The van der Waals surface area contributed by atoms with Crippen molar-refractivity contribution in [1.82, 2.24) is 5.32 Å². The lowest BCUT2D eigenvalue weighted by Gasteiger charge is -2.14. The highest BCUT2D eigenvalue weighted by Crippen LogP contribution is 2.31. The predicted octanol–water partition coefficient (Wildman–Crippen LogP) is 2.34. The Morgan fingerprint density at radius 1 is 1.32 bits per heavy atom. The van der Waals surface area contributed by atoms with Gasteiger partial charge in [0.05, 0.1) is 13.2 Å². The van der Waals surface area contributed by atoms with Crippen molar-refractivity contribution in [2.75, 3.05) is 19.8 Å². The Hall–Kier alpha value is -1.75. The molecule has 1 aliphatic rings. The van der Waals surface area contributed by atoms with Gasteiger partial charge in [-0.15, -0.1) is 0 Å². The van der Waals surface area contributed by atoms with Crippen molar-refractivity contribution in [2.24, 2.45) is 11.7 Å². The maximum absolute atomic E-state index is 12.2. The molecule has 1 aromatic carbocycles. The standard InChI is InChI=1S/C17H26N2O3/c1-3-9-22-15-8-7-13(10-16(15)21-4-2)17(20)19-11-14(18)12-5-6-12/h7-8,10,12,14H,3-6,9,11,18H2,1-2H3,(H,19,20). The minimum atomic E-state index is -0.126. The van der Waals surface area contributed by atoms with Crippen LogP contribution in [0.5, 0.6) is 11.5 Å². The molecular formula is C17H26N2O3. The Labute approximate surface area is 132 Å². The van der Waals surface area contributed by atoms with Crippen LogP contribution in [0.25, 0.3) is 0 Å². The van der Waals surface area contributed by atoms with Crippen molar-refractivity contribution in [1.29, 1.82) is 0 Å². The summed E-state index contributed by atoms with van der Waals surface area (Å²) in [4.78, 5) is 12.2. The number of benzene rings is 1. The zero-order chi connectivity index (χ0) is 15.9. The van der Waals surface area contributed by atoms with Crippen molar-refractivity contribution in [3.05, 3.63) is 23.8 Å². The van der Waals surface area contributed by atoms with Gasteiger partial charge >= 0.3 is 0 Å². The highest BCUT2D eigenvalue weighted by Gasteiger charge is 2.28. The first kappa shape index (κ1) is 16.6. The molecule has 22 heavy (non-hydrogen) atoms. The first-order valence-electron chi connectivity index (χ1n) is 8.09. The lowest BCUT2D eigenvalue weighted by molar-refractivity contribution is 0.0949. The van der Waals surface area contributed by atoms with Crippen LogP contribution in [0.2, 0.25) is 0 Å². The van der Waals surface area contributed by atoms with Crippen molar-refractivity contribution in [3.8, 4) is 11.5 Å². The maximum atomic E-state index is 12.2. The Kier molecular flexibility index (Phi) is 6.07. The fourth-order valence-corrected chi connectivity index (χ4v) is 2.25.